The van der Waals surface area contributed by atoms with Crippen LogP contribution in [-0.2, 0) is 9.59 Å². The molecule has 0 atom stereocenters. The van der Waals surface area contributed by atoms with Crippen molar-refractivity contribution in [3.63, 3.8) is 0 Å². The van der Waals surface area contributed by atoms with Crippen LogP contribution in [0, 0.1) is 0 Å². The Labute approximate surface area is 58.7 Å². The SMILES string of the molecule is CC(=O)NN.NCC(N)=O. The van der Waals surface area contributed by atoms with E-state index in [0.717, 1.165) is 0 Å². The van der Waals surface area contributed by atoms with E-state index in [-0.39, 0.29) is 12.5 Å². The zero-order chi connectivity index (χ0) is 8.57. The molecule has 0 aromatic heterocycles. The van der Waals surface area contributed by atoms with E-state index in [4.69, 9.17) is 5.73 Å². The van der Waals surface area contributed by atoms with Crippen molar-refractivity contribution < 1.29 is 9.59 Å². The summed E-state index contributed by atoms with van der Waals surface area (Å²) in [6, 6.07) is 0. The van der Waals surface area contributed by atoms with Crippen LogP contribution in [0.5, 0.6) is 0 Å². The number of hydrogen-bond donors (Lipinski definition) is 4. The summed E-state index contributed by atoms with van der Waals surface area (Å²) in [4.78, 5) is 19.0. The van der Waals surface area contributed by atoms with E-state index >= 15 is 0 Å². The third-order valence-electron chi connectivity index (χ3n) is 0.404. The molecule has 0 aliphatic heterocycles. The van der Waals surface area contributed by atoms with E-state index < -0.39 is 5.91 Å². The van der Waals surface area contributed by atoms with E-state index in [1.54, 1.807) is 0 Å². The van der Waals surface area contributed by atoms with Crippen molar-refractivity contribution in [2.24, 2.45) is 17.3 Å². The van der Waals surface area contributed by atoms with Crippen molar-refractivity contribution in [3.05, 3.63) is 0 Å². The topological polar surface area (TPSA) is 124 Å². The lowest BCUT2D eigenvalue weighted by Crippen LogP contribution is -2.26. The Morgan fingerprint density at radius 1 is 1.50 bits per heavy atom. The van der Waals surface area contributed by atoms with Gasteiger partial charge in [-0.25, -0.2) is 5.84 Å². The predicted molar refractivity (Wildman–Crippen MR) is 36.3 cm³/mol. The Balaban J connectivity index is 0. The Morgan fingerprint density at radius 3 is 1.70 bits per heavy atom. The molecule has 0 aliphatic rings. The number of nitrogens with one attached hydrogen (secondary N) is 1. The number of carbonyl (C=O) groups excluding carboxylic acids is 2. The highest BCUT2D eigenvalue weighted by Crippen LogP contribution is 1.41. The Bertz CT molecular complexity index is 99.8. The lowest BCUT2D eigenvalue weighted by Gasteiger charge is -1.80. The highest BCUT2D eigenvalue weighted by atomic mass is 16.2. The van der Waals surface area contributed by atoms with E-state index in [2.05, 4.69) is 11.6 Å². The van der Waals surface area contributed by atoms with Gasteiger partial charge in [0.1, 0.15) is 0 Å². The van der Waals surface area contributed by atoms with Crippen molar-refractivity contribution in [1.82, 2.24) is 5.43 Å². The van der Waals surface area contributed by atoms with Crippen LogP contribution < -0.4 is 22.7 Å². The Morgan fingerprint density at radius 2 is 1.70 bits per heavy atom. The normalized spacial score (nSPS) is 7.10. The molecule has 6 nitrogen and oxygen atoms in total. The average Bonchev–Trinajstić information content (AvgIpc) is 1.89. The summed E-state index contributed by atoms with van der Waals surface area (Å²) in [5.41, 5.74) is 11.1. The maximum Gasteiger partial charge on any atom is 0.231 e. The first-order valence-electron chi connectivity index (χ1n) is 2.50. The van der Waals surface area contributed by atoms with Crippen molar-refractivity contribution in [3.8, 4) is 0 Å². The van der Waals surface area contributed by atoms with Gasteiger partial charge in [0.05, 0.1) is 6.54 Å². The summed E-state index contributed by atoms with van der Waals surface area (Å²) >= 11 is 0. The molecule has 0 unspecified atom stereocenters. The Hall–Kier alpha value is -1.14. The highest BCUT2D eigenvalue weighted by Gasteiger charge is 1.77. The average molecular weight is 148 g/mol. The number of primary amides is 1. The molecule has 6 heteroatoms. The summed E-state index contributed by atoms with van der Waals surface area (Å²) in [5.74, 6) is 3.89. The zero-order valence-corrected chi connectivity index (χ0v) is 5.76. The molecule has 0 spiro atoms. The van der Waals surface area contributed by atoms with Gasteiger partial charge in [0.2, 0.25) is 11.8 Å². The molecular formula is C4H12N4O2. The molecule has 10 heavy (non-hydrogen) atoms. The molecule has 0 heterocycles. The molecule has 0 fully saturated rings. The smallest absolute Gasteiger partial charge is 0.231 e. The zero-order valence-electron chi connectivity index (χ0n) is 5.76. The highest BCUT2D eigenvalue weighted by molar-refractivity contribution is 5.75. The van der Waals surface area contributed by atoms with Crippen LogP contribution in [0.2, 0.25) is 0 Å². The minimum absolute atomic E-state index is 0.0556. The van der Waals surface area contributed by atoms with Gasteiger partial charge in [-0.1, -0.05) is 0 Å². The molecule has 7 N–H and O–H groups in total. The van der Waals surface area contributed by atoms with Crippen molar-refractivity contribution in [1.29, 1.82) is 0 Å². The summed E-state index contributed by atoms with van der Waals surface area (Å²) < 4.78 is 0. The van der Waals surface area contributed by atoms with E-state index in [0.29, 0.717) is 0 Å². The summed E-state index contributed by atoms with van der Waals surface area (Å²) in [5, 5.41) is 0. The molecule has 0 radical (unpaired) electrons. The standard InChI is InChI=1S/2C2H6N2O/c1-2(5)4-3;3-1-2(4)5/h3H2,1H3,(H,4,5);1,3H2,(H2,4,5). The molecule has 0 rings (SSSR count). The second kappa shape index (κ2) is 7.86. The van der Waals surface area contributed by atoms with Gasteiger partial charge in [-0.05, 0) is 0 Å². The van der Waals surface area contributed by atoms with Crippen LogP contribution in [0.4, 0.5) is 0 Å². The predicted octanol–water partition coefficient (Wildman–Crippen LogP) is -2.57. The van der Waals surface area contributed by atoms with E-state index in [1.807, 2.05) is 5.43 Å². The summed E-state index contributed by atoms with van der Waals surface area (Å²) in [6.07, 6.45) is 0. The second-order valence-corrected chi connectivity index (χ2v) is 1.37. The Kier molecular flexibility index (Phi) is 9.14. The number of hydrogen-bond acceptors (Lipinski definition) is 4. The molecule has 60 valence electrons. The molecule has 2 amide bonds. The maximum absolute atomic E-state index is 9.58. The third kappa shape index (κ3) is 28.8. The number of amides is 2. The van der Waals surface area contributed by atoms with Crippen LogP contribution in [0.15, 0.2) is 0 Å². The fourth-order valence-corrected chi connectivity index (χ4v) is 0. The van der Waals surface area contributed by atoms with Crippen LogP contribution in [-0.4, -0.2) is 18.4 Å². The van der Waals surface area contributed by atoms with Crippen LogP contribution in [0.25, 0.3) is 0 Å². The molecular weight excluding hydrogens is 136 g/mol. The third-order valence-corrected chi connectivity index (χ3v) is 0.404. The molecule has 0 saturated heterocycles. The van der Waals surface area contributed by atoms with Crippen LogP contribution in [0.1, 0.15) is 6.92 Å². The minimum Gasteiger partial charge on any atom is -0.369 e. The quantitative estimate of drug-likeness (QED) is 0.185. The van der Waals surface area contributed by atoms with Crippen molar-refractivity contribution in [2.75, 3.05) is 6.54 Å². The minimum atomic E-state index is -0.468. The van der Waals surface area contributed by atoms with Crippen molar-refractivity contribution >= 4 is 11.8 Å². The van der Waals surface area contributed by atoms with Gasteiger partial charge < -0.3 is 11.5 Å². The van der Waals surface area contributed by atoms with Gasteiger partial charge in [0.25, 0.3) is 0 Å². The molecule has 0 aromatic carbocycles. The first kappa shape index (κ1) is 11.6. The summed E-state index contributed by atoms with van der Waals surface area (Å²) in [6.45, 7) is 1.29. The molecule has 0 bridgehead atoms. The van der Waals surface area contributed by atoms with Gasteiger partial charge in [-0.3, -0.25) is 15.0 Å². The number of hydrazine groups is 1. The fraction of sp³-hybridized carbons (Fsp3) is 0.500. The first-order chi connectivity index (χ1) is 4.54. The molecule has 0 saturated carbocycles. The van der Waals surface area contributed by atoms with Crippen LogP contribution >= 0.6 is 0 Å². The van der Waals surface area contributed by atoms with Crippen molar-refractivity contribution in [2.45, 2.75) is 6.92 Å². The van der Waals surface area contributed by atoms with Gasteiger partial charge >= 0.3 is 0 Å². The largest absolute Gasteiger partial charge is 0.369 e. The van der Waals surface area contributed by atoms with Crippen LogP contribution in [0.3, 0.4) is 0 Å². The maximum atomic E-state index is 9.58. The lowest BCUT2D eigenvalue weighted by atomic mass is 10.7. The molecule has 0 aliphatic carbocycles. The number of carbonyl (C=O) groups is 2. The fourth-order valence-electron chi connectivity index (χ4n) is 0. The first-order valence-corrected chi connectivity index (χ1v) is 2.50. The van der Waals surface area contributed by atoms with Gasteiger partial charge in [-0.15, -0.1) is 0 Å². The lowest BCUT2D eigenvalue weighted by molar-refractivity contribution is -0.119. The number of nitrogens with two attached hydrogens (primary N) is 3. The van der Waals surface area contributed by atoms with E-state index in [1.165, 1.54) is 6.92 Å². The number of rotatable bonds is 1. The van der Waals surface area contributed by atoms with Gasteiger partial charge in [0.15, 0.2) is 0 Å². The molecule has 0 aromatic rings. The van der Waals surface area contributed by atoms with Gasteiger partial charge in [-0.2, -0.15) is 0 Å². The summed E-state index contributed by atoms with van der Waals surface area (Å²) in [7, 11) is 0. The van der Waals surface area contributed by atoms with E-state index in [9.17, 15) is 9.59 Å². The van der Waals surface area contributed by atoms with Gasteiger partial charge in [0, 0.05) is 6.92 Å². The monoisotopic (exact) mass is 148 g/mol. The second-order valence-electron chi connectivity index (χ2n) is 1.37.